The monoisotopic (exact) mass is 369 g/mol. The van der Waals surface area contributed by atoms with E-state index in [0.29, 0.717) is 10.4 Å². The van der Waals surface area contributed by atoms with Gasteiger partial charge >= 0.3 is 0 Å². The highest BCUT2D eigenvalue weighted by molar-refractivity contribution is 9.10. The fourth-order valence-electron chi connectivity index (χ4n) is 2.55. The van der Waals surface area contributed by atoms with Gasteiger partial charge in [0.15, 0.2) is 10.4 Å². The molecule has 0 N–H and O–H groups in total. The van der Waals surface area contributed by atoms with Crippen LogP contribution in [0.4, 0.5) is 5.69 Å². The average molecular weight is 370 g/mol. The maximum absolute atomic E-state index is 12.8. The Morgan fingerprint density at radius 2 is 1.70 bits per heavy atom. The van der Waals surface area contributed by atoms with Crippen molar-refractivity contribution in [3.05, 3.63) is 76.7 Å². The molecule has 0 unspecified atom stereocenters. The zero-order chi connectivity index (χ0) is 16.4. The third-order valence-corrected chi connectivity index (χ3v) is 4.13. The van der Waals surface area contributed by atoms with E-state index in [2.05, 4.69) is 15.9 Å². The number of carbonyl (C=O) groups excluding carboxylic acids is 1. The second kappa shape index (κ2) is 6.42. The van der Waals surface area contributed by atoms with Gasteiger partial charge in [-0.05, 0) is 40.5 Å². The smallest absolute Gasteiger partial charge is 0.294 e. The third kappa shape index (κ3) is 3.08. The lowest BCUT2D eigenvalue weighted by atomic mass is 10.0. The van der Waals surface area contributed by atoms with Gasteiger partial charge < -0.3 is 9.32 Å². The summed E-state index contributed by atoms with van der Waals surface area (Å²) in [5.74, 6) is 0.179. The third-order valence-electron chi connectivity index (χ3n) is 3.74. The molecular formula is C19H16BrNO2. The molecule has 1 amide bonds. The van der Waals surface area contributed by atoms with Crippen LogP contribution in [0.25, 0.3) is 11.1 Å². The van der Waals surface area contributed by atoms with Crippen LogP contribution in [0.2, 0.25) is 0 Å². The van der Waals surface area contributed by atoms with Crippen molar-refractivity contribution >= 4 is 27.5 Å². The maximum atomic E-state index is 12.8. The van der Waals surface area contributed by atoms with E-state index in [4.69, 9.17) is 4.42 Å². The zero-order valence-corrected chi connectivity index (χ0v) is 14.5. The maximum Gasteiger partial charge on any atom is 0.294 e. The molecule has 0 atom stereocenters. The molecule has 2 aromatic carbocycles. The van der Waals surface area contributed by atoms with Crippen molar-refractivity contribution in [3.63, 3.8) is 0 Å². The molecule has 0 bridgehead atoms. The van der Waals surface area contributed by atoms with Crippen LogP contribution in [-0.4, -0.2) is 13.0 Å². The summed E-state index contributed by atoms with van der Waals surface area (Å²) in [7, 11) is 1.76. The van der Waals surface area contributed by atoms with Crippen LogP contribution >= 0.6 is 15.9 Å². The number of hydrogen-bond donors (Lipinski definition) is 0. The topological polar surface area (TPSA) is 33.5 Å². The Bertz CT molecular complexity index is 840. The normalized spacial score (nSPS) is 10.6. The van der Waals surface area contributed by atoms with Gasteiger partial charge in [-0.15, -0.1) is 0 Å². The summed E-state index contributed by atoms with van der Waals surface area (Å²) >= 11 is 3.27. The standard InChI is InChI=1S/C19H16BrNO2/c1-13-12-17(20)23-18(13)19(22)21(2)16-11-7-6-10-15(16)14-8-4-3-5-9-14/h3-12H,1-2H3. The van der Waals surface area contributed by atoms with Crippen LogP contribution in [0.3, 0.4) is 0 Å². The molecule has 1 heterocycles. The molecular weight excluding hydrogens is 354 g/mol. The van der Waals surface area contributed by atoms with Gasteiger partial charge in [-0.3, -0.25) is 4.79 Å². The van der Waals surface area contributed by atoms with E-state index in [1.165, 1.54) is 0 Å². The molecule has 3 rings (SSSR count). The van der Waals surface area contributed by atoms with Crippen molar-refractivity contribution in [3.8, 4) is 11.1 Å². The predicted molar refractivity (Wildman–Crippen MR) is 95.8 cm³/mol. The number of rotatable bonds is 3. The zero-order valence-electron chi connectivity index (χ0n) is 12.9. The summed E-state index contributed by atoms with van der Waals surface area (Å²) in [5, 5.41) is 0. The van der Waals surface area contributed by atoms with E-state index in [-0.39, 0.29) is 5.91 Å². The van der Waals surface area contributed by atoms with Crippen LogP contribution in [0, 0.1) is 6.92 Å². The summed E-state index contributed by atoms with van der Waals surface area (Å²) < 4.78 is 6.05. The molecule has 0 saturated heterocycles. The largest absolute Gasteiger partial charge is 0.444 e. The number of carbonyl (C=O) groups is 1. The van der Waals surface area contributed by atoms with E-state index < -0.39 is 0 Å². The van der Waals surface area contributed by atoms with Gasteiger partial charge in [-0.2, -0.15) is 0 Å². The van der Waals surface area contributed by atoms with Crippen molar-refractivity contribution < 1.29 is 9.21 Å². The molecule has 3 aromatic rings. The van der Waals surface area contributed by atoms with Crippen LogP contribution < -0.4 is 4.90 Å². The van der Waals surface area contributed by atoms with Crippen molar-refractivity contribution in [2.75, 3.05) is 11.9 Å². The van der Waals surface area contributed by atoms with Gasteiger partial charge in [-0.1, -0.05) is 48.5 Å². The van der Waals surface area contributed by atoms with Crippen molar-refractivity contribution in [2.24, 2.45) is 0 Å². The quantitative estimate of drug-likeness (QED) is 0.627. The fourth-order valence-corrected chi connectivity index (χ4v) is 3.05. The second-order valence-corrected chi connectivity index (χ2v) is 6.09. The van der Waals surface area contributed by atoms with Crippen LogP contribution in [0.5, 0.6) is 0 Å². The molecule has 23 heavy (non-hydrogen) atoms. The Hall–Kier alpha value is -2.33. The van der Waals surface area contributed by atoms with E-state index in [1.807, 2.05) is 61.5 Å². The summed E-state index contributed by atoms with van der Waals surface area (Å²) in [5.41, 5.74) is 3.73. The molecule has 4 heteroatoms. The lowest BCUT2D eigenvalue weighted by molar-refractivity contribution is 0.0964. The Morgan fingerprint density at radius 3 is 2.35 bits per heavy atom. The number of halogens is 1. The second-order valence-electron chi connectivity index (χ2n) is 5.31. The summed E-state index contributed by atoms with van der Waals surface area (Å²) in [6.07, 6.45) is 0. The Kier molecular flexibility index (Phi) is 4.35. The van der Waals surface area contributed by atoms with E-state index >= 15 is 0 Å². The number of benzene rings is 2. The molecule has 1 aromatic heterocycles. The molecule has 0 aliphatic heterocycles. The Morgan fingerprint density at radius 1 is 1.04 bits per heavy atom. The predicted octanol–water partition coefficient (Wildman–Crippen LogP) is 5.29. The SMILES string of the molecule is Cc1cc(Br)oc1C(=O)N(C)c1ccccc1-c1ccccc1. The molecule has 0 aliphatic carbocycles. The fraction of sp³-hybridized carbons (Fsp3) is 0.105. The van der Waals surface area contributed by atoms with E-state index in [0.717, 1.165) is 22.4 Å². The summed E-state index contributed by atoms with van der Waals surface area (Å²) in [4.78, 5) is 14.4. The first kappa shape index (κ1) is 15.6. The number of aryl methyl sites for hydroxylation is 1. The van der Waals surface area contributed by atoms with Gasteiger partial charge in [0.05, 0.1) is 5.69 Å². The van der Waals surface area contributed by atoms with Crippen molar-refractivity contribution in [1.82, 2.24) is 0 Å². The number of furan rings is 1. The highest BCUT2D eigenvalue weighted by Crippen LogP contribution is 2.31. The number of anilines is 1. The molecule has 3 nitrogen and oxygen atoms in total. The average Bonchev–Trinajstić information content (AvgIpc) is 2.92. The van der Waals surface area contributed by atoms with Gasteiger partial charge in [0.25, 0.3) is 5.91 Å². The first-order valence-electron chi connectivity index (χ1n) is 7.26. The minimum Gasteiger partial charge on any atom is -0.444 e. The van der Waals surface area contributed by atoms with E-state index in [1.54, 1.807) is 18.0 Å². The van der Waals surface area contributed by atoms with E-state index in [9.17, 15) is 4.79 Å². The lowest BCUT2D eigenvalue weighted by Gasteiger charge is -2.20. The highest BCUT2D eigenvalue weighted by atomic mass is 79.9. The number of amides is 1. The Balaban J connectivity index is 2.02. The van der Waals surface area contributed by atoms with Gasteiger partial charge in [0.2, 0.25) is 0 Å². The van der Waals surface area contributed by atoms with Gasteiger partial charge in [0, 0.05) is 18.2 Å². The summed E-state index contributed by atoms with van der Waals surface area (Å²) in [6.45, 7) is 1.86. The molecule has 116 valence electrons. The van der Waals surface area contributed by atoms with Crippen LogP contribution in [-0.2, 0) is 0 Å². The molecule has 0 spiro atoms. The van der Waals surface area contributed by atoms with Gasteiger partial charge in [-0.25, -0.2) is 0 Å². The summed E-state index contributed by atoms with van der Waals surface area (Å²) in [6, 6.07) is 19.7. The van der Waals surface area contributed by atoms with Gasteiger partial charge in [0.1, 0.15) is 0 Å². The molecule has 0 saturated carbocycles. The molecule has 0 radical (unpaired) electrons. The van der Waals surface area contributed by atoms with Crippen molar-refractivity contribution in [1.29, 1.82) is 0 Å². The van der Waals surface area contributed by atoms with Crippen LogP contribution in [0.15, 0.2) is 69.8 Å². The Labute approximate surface area is 143 Å². The first-order valence-corrected chi connectivity index (χ1v) is 8.05. The minimum atomic E-state index is -0.170. The molecule has 0 fully saturated rings. The lowest BCUT2D eigenvalue weighted by Crippen LogP contribution is -2.26. The number of hydrogen-bond acceptors (Lipinski definition) is 2. The van der Waals surface area contributed by atoms with Crippen LogP contribution in [0.1, 0.15) is 16.1 Å². The minimum absolute atomic E-state index is 0.170. The van der Waals surface area contributed by atoms with Crippen molar-refractivity contribution in [2.45, 2.75) is 6.92 Å². The highest BCUT2D eigenvalue weighted by Gasteiger charge is 2.22. The number of para-hydroxylation sites is 1. The number of nitrogens with zero attached hydrogens (tertiary/aromatic N) is 1. The molecule has 0 aliphatic rings. The first-order chi connectivity index (χ1) is 11.1.